The van der Waals surface area contributed by atoms with E-state index in [0.717, 1.165) is 43.0 Å². The van der Waals surface area contributed by atoms with E-state index in [0.29, 0.717) is 25.1 Å². The van der Waals surface area contributed by atoms with Crippen molar-refractivity contribution >= 4 is 34.4 Å². The van der Waals surface area contributed by atoms with Crippen LogP contribution in [0.3, 0.4) is 0 Å². The van der Waals surface area contributed by atoms with Gasteiger partial charge in [-0.3, -0.25) is 19.2 Å². The third kappa shape index (κ3) is 4.33. The van der Waals surface area contributed by atoms with Crippen molar-refractivity contribution in [3.63, 3.8) is 0 Å². The van der Waals surface area contributed by atoms with Crippen LogP contribution in [0.5, 0.6) is 0 Å². The molecule has 0 radical (unpaired) electrons. The number of aromatic nitrogens is 1. The fourth-order valence-corrected chi connectivity index (χ4v) is 5.65. The zero-order valence-corrected chi connectivity index (χ0v) is 19.5. The van der Waals surface area contributed by atoms with Gasteiger partial charge in [-0.2, -0.15) is 0 Å². The lowest BCUT2D eigenvalue weighted by Crippen LogP contribution is -2.54. The third-order valence-electron chi connectivity index (χ3n) is 7.53. The molecule has 3 aliphatic rings. The number of benzene rings is 1. The molecule has 180 valence electrons. The molecule has 5 rings (SSSR count). The smallest absolute Gasteiger partial charge is 0.289 e. The molecular weight excluding hydrogens is 432 g/mol. The zero-order chi connectivity index (χ0) is 23.8. The summed E-state index contributed by atoms with van der Waals surface area (Å²) in [5, 5.41) is 6.53. The van der Waals surface area contributed by atoms with Crippen LogP contribution in [0.25, 0.3) is 10.9 Å². The first-order valence-corrected chi connectivity index (χ1v) is 12.5. The van der Waals surface area contributed by atoms with E-state index >= 15 is 0 Å². The largest absolute Gasteiger partial charge is 0.351 e. The molecule has 2 aromatic rings. The molecule has 0 spiro atoms. The average Bonchev–Trinajstić information content (AvgIpc) is 3.22. The molecule has 2 heterocycles. The number of aromatic amines is 1. The number of likely N-dealkylation sites (tertiary alicyclic amines) is 1. The van der Waals surface area contributed by atoms with Crippen molar-refractivity contribution in [1.82, 2.24) is 20.5 Å². The first-order valence-electron chi connectivity index (χ1n) is 12.5. The molecule has 2 aliphatic carbocycles. The molecule has 3 fully saturated rings. The number of nitrogens with zero attached hydrogens (tertiary/aromatic N) is 1. The maximum Gasteiger partial charge on any atom is 0.289 e. The first-order chi connectivity index (χ1) is 16.5. The van der Waals surface area contributed by atoms with E-state index in [9.17, 15) is 19.2 Å². The number of nitrogens with one attached hydrogen (secondary N) is 3. The molecule has 1 aromatic carbocycles. The van der Waals surface area contributed by atoms with E-state index in [4.69, 9.17) is 0 Å². The molecule has 3 N–H and O–H groups in total. The number of carbonyl (C=O) groups is 4. The van der Waals surface area contributed by atoms with Crippen molar-refractivity contribution < 1.29 is 19.2 Å². The van der Waals surface area contributed by atoms with Crippen molar-refractivity contribution in [2.24, 2.45) is 11.8 Å². The normalized spacial score (nSPS) is 24.6. The number of Topliss-reactive ketones (excluding diaryl/α,β-unsaturated/α-hetero) is 1. The van der Waals surface area contributed by atoms with Crippen molar-refractivity contribution in [1.29, 1.82) is 0 Å². The van der Waals surface area contributed by atoms with Crippen LogP contribution < -0.4 is 10.6 Å². The van der Waals surface area contributed by atoms with Crippen molar-refractivity contribution in [2.45, 2.75) is 70.0 Å². The summed E-state index contributed by atoms with van der Waals surface area (Å²) < 4.78 is 0. The maximum atomic E-state index is 13.6. The van der Waals surface area contributed by atoms with Crippen LogP contribution in [0.4, 0.5) is 0 Å². The van der Waals surface area contributed by atoms with Crippen LogP contribution in [0.1, 0.15) is 62.4 Å². The van der Waals surface area contributed by atoms with Crippen LogP contribution in [0.15, 0.2) is 30.3 Å². The highest BCUT2D eigenvalue weighted by Gasteiger charge is 2.50. The second-order valence-electron chi connectivity index (χ2n) is 9.99. The number of para-hydroxylation sites is 1. The molecule has 8 nitrogen and oxygen atoms in total. The number of carbonyl (C=O) groups excluding carboxylic acids is 4. The molecule has 0 bridgehead atoms. The lowest BCUT2D eigenvalue weighted by molar-refractivity contribution is -0.140. The van der Waals surface area contributed by atoms with Crippen LogP contribution in [0.2, 0.25) is 0 Å². The number of H-pyrrole nitrogens is 1. The molecule has 1 aliphatic heterocycles. The lowest BCUT2D eigenvalue weighted by atomic mass is 9.93. The summed E-state index contributed by atoms with van der Waals surface area (Å²) in [4.78, 5) is 57.1. The number of ketones is 1. The quantitative estimate of drug-likeness (QED) is 0.521. The monoisotopic (exact) mass is 464 g/mol. The van der Waals surface area contributed by atoms with Crippen LogP contribution in [-0.2, 0) is 14.4 Å². The maximum absolute atomic E-state index is 13.6. The van der Waals surface area contributed by atoms with Crippen molar-refractivity contribution in [2.75, 3.05) is 6.54 Å². The predicted octanol–water partition coefficient (Wildman–Crippen LogP) is 2.54. The van der Waals surface area contributed by atoms with E-state index in [-0.39, 0.29) is 29.7 Å². The molecule has 4 atom stereocenters. The Morgan fingerprint density at radius 1 is 1.12 bits per heavy atom. The highest BCUT2D eigenvalue weighted by atomic mass is 16.2. The Morgan fingerprint density at radius 2 is 1.91 bits per heavy atom. The summed E-state index contributed by atoms with van der Waals surface area (Å²) in [6, 6.07) is 8.09. The Labute approximate surface area is 198 Å². The molecule has 3 amide bonds. The molecule has 34 heavy (non-hydrogen) atoms. The lowest BCUT2D eigenvalue weighted by Gasteiger charge is -2.28. The fourth-order valence-electron chi connectivity index (χ4n) is 5.65. The summed E-state index contributed by atoms with van der Waals surface area (Å²) in [5.74, 6) is -1.40. The van der Waals surface area contributed by atoms with Gasteiger partial charge in [0.05, 0.1) is 6.04 Å². The molecule has 1 unspecified atom stereocenters. The molecule has 8 heteroatoms. The molecular formula is C26H32N4O4. The van der Waals surface area contributed by atoms with E-state index in [2.05, 4.69) is 15.6 Å². The minimum Gasteiger partial charge on any atom is -0.351 e. The van der Waals surface area contributed by atoms with Gasteiger partial charge in [-0.05, 0) is 56.1 Å². The van der Waals surface area contributed by atoms with Gasteiger partial charge in [0.1, 0.15) is 11.7 Å². The van der Waals surface area contributed by atoms with Crippen molar-refractivity contribution in [3.8, 4) is 0 Å². The van der Waals surface area contributed by atoms with Gasteiger partial charge < -0.3 is 20.5 Å². The Bertz CT molecular complexity index is 1090. The first kappa shape index (κ1) is 22.6. The summed E-state index contributed by atoms with van der Waals surface area (Å²) in [7, 11) is 0. The molecule has 2 saturated carbocycles. The van der Waals surface area contributed by atoms with Gasteiger partial charge in [0, 0.05) is 23.5 Å². The van der Waals surface area contributed by atoms with Crippen LogP contribution >= 0.6 is 0 Å². The average molecular weight is 465 g/mol. The number of hydrogen-bond donors (Lipinski definition) is 3. The van der Waals surface area contributed by atoms with Gasteiger partial charge in [-0.1, -0.05) is 38.0 Å². The van der Waals surface area contributed by atoms with Crippen molar-refractivity contribution in [3.05, 3.63) is 36.0 Å². The van der Waals surface area contributed by atoms with E-state index < -0.39 is 23.8 Å². The number of amides is 3. The van der Waals surface area contributed by atoms with Gasteiger partial charge in [-0.15, -0.1) is 0 Å². The standard InChI is InChI=1S/C26H32N4O4/c1-2-6-20(23(31)25(33)27-17-11-12-17)29-24(32)22-18-9-5-8-16(18)14-30(22)26(34)21-13-15-7-3-4-10-19(15)28-21/h3-4,7,10,13,16-18,20,22,28H,2,5-6,8-9,11-12,14H2,1H3,(H,27,33)(H,29,32)/t16-,18+,20+,22?/m0/s1. The number of hydrogen-bond acceptors (Lipinski definition) is 4. The summed E-state index contributed by atoms with van der Waals surface area (Å²) >= 11 is 0. The second kappa shape index (κ2) is 9.24. The Morgan fingerprint density at radius 3 is 2.65 bits per heavy atom. The van der Waals surface area contributed by atoms with Gasteiger partial charge >= 0.3 is 0 Å². The minimum atomic E-state index is -0.873. The summed E-state index contributed by atoms with van der Waals surface area (Å²) in [6.45, 7) is 2.45. The van der Waals surface area contributed by atoms with Gasteiger partial charge in [-0.25, -0.2) is 0 Å². The van der Waals surface area contributed by atoms with Crippen LogP contribution in [0, 0.1) is 11.8 Å². The fraction of sp³-hybridized carbons (Fsp3) is 0.538. The van der Waals surface area contributed by atoms with E-state index in [1.165, 1.54) is 0 Å². The zero-order valence-electron chi connectivity index (χ0n) is 19.5. The number of fused-ring (bicyclic) bond motifs is 2. The van der Waals surface area contributed by atoms with Gasteiger partial charge in [0.25, 0.3) is 11.8 Å². The Balaban J connectivity index is 1.36. The third-order valence-corrected chi connectivity index (χ3v) is 7.53. The molecule has 1 aromatic heterocycles. The Kier molecular flexibility index (Phi) is 6.15. The topological polar surface area (TPSA) is 111 Å². The highest BCUT2D eigenvalue weighted by molar-refractivity contribution is 6.38. The van der Waals surface area contributed by atoms with Gasteiger partial charge in [0.15, 0.2) is 0 Å². The van der Waals surface area contributed by atoms with Crippen LogP contribution in [-0.4, -0.2) is 58.1 Å². The SMILES string of the molecule is CCC[C@@H](NC(=O)C1[C@@H]2CCC[C@H]2CN1C(=O)c1cc2ccccc2[nH]1)C(=O)C(=O)NC1CC1. The predicted molar refractivity (Wildman–Crippen MR) is 127 cm³/mol. The molecule has 1 saturated heterocycles. The highest BCUT2D eigenvalue weighted by Crippen LogP contribution is 2.43. The summed E-state index contributed by atoms with van der Waals surface area (Å²) in [5.41, 5.74) is 1.34. The summed E-state index contributed by atoms with van der Waals surface area (Å²) in [6.07, 6.45) is 5.73. The van der Waals surface area contributed by atoms with Gasteiger partial charge in [0.2, 0.25) is 11.7 Å². The Hall–Kier alpha value is -3.16. The number of rotatable bonds is 8. The second-order valence-corrected chi connectivity index (χ2v) is 9.99. The van der Waals surface area contributed by atoms with E-state index in [1.807, 2.05) is 37.3 Å². The minimum absolute atomic E-state index is 0.0750. The van der Waals surface area contributed by atoms with E-state index in [1.54, 1.807) is 4.90 Å².